The van der Waals surface area contributed by atoms with Crippen molar-refractivity contribution >= 4 is 21.2 Å². The summed E-state index contributed by atoms with van der Waals surface area (Å²) in [4.78, 5) is 0.733. The van der Waals surface area contributed by atoms with Crippen molar-refractivity contribution in [3.05, 3.63) is 52.7 Å². The van der Waals surface area contributed by atoms with E-state index in [1.54, 1.807) is 35.7 Å². The predicted octanol–water partition coefficient (Wildman–Crippen LogP) is 2.79. The second kappa shape index (κ2) is 4.70. The van der Waals surface area contributed by atoms with Gasteiger partial charge in [-0.3, -0.25) is 0 Å². The molecule has 0 radical (unpaired) electrons. The smallest absolute Gasteiger partial charge is 0.199 e. The van der Waals surface area contributed by atoms with E-state index in [-0.39, 0.29) is 4.90 Å². The van der Waals surface area contributed by atoms with Crippen molar-refractivity contribution in [2.45, 2.75) is 10.1 Å². The number of nitrogens with zero attached hydrogens (tertiary/aromatic N) is 1. The highest BCUT2D eigenvalue weighted by Gasteiger charge is 2.29. The molecule has 1 heterocycles. The monoisotopic (exact) mass is 263 g/mol. The fourth-order valence-corrected chi connectivity index (χ4v) is 4.00. The van der Waals surface area contributed by atoms with Crippen LogP contribution in [0.25, 0.3) is 0 Å². The van der Waals surface area contributed by atoms with Crippen molar-refractivity contribution in [1.82, 2.24) is 0 Å². The summed E-state index contributed by atoms with van der Waals surface area (Å²) in [5.41, 5.74) is 0. The minimum Gasteiger partial charge on any atom is -0.222 e. The van der Waals surface area contributed by atoms with Crippen LogP contribution in [0.4, 0.5) is 0 Å². The first-order valence-corrected chi connectivity index (χ1v) is 7.31. The first kappa shape index (κ1) is 11.8. The molecule has 2 aromatic rings. The molecule has 0 fully saturated rings. The molecule has 5 heteroatoms. The van der Waals surface area contributed by atoms with Gasteiger partial charge in [-0.1, -0.05) is 24.3 Å². The number of thiophene rings is 1. The average Bonchev–Trinajstić information content (AvgIpc) is 2.84. The van der Waals surface area contributed by atoms with Gasteiger partial charge in [0.1, 0.15) is 0 Å². The molecule has 0 saturated carbocycles. The van der Waals surface area contributed by atoms with Gasteiger partial charge in [-0.05, 0) is 23.6 Å². The maximum absolute atomic E-state index is 12.2. The Morgan fingerprint density at radius 2 is 1.82 bits per heavy atom. The molecule has 0 aliphatic heterocycles. The van der Waals surface area contributed by atoms with Crippen LogP contribution in [0.1, 0.15) is 10.1 Å². The highest BCUT2D eigenvalue weighted by atomic mass is 32.2. The first-order valence-electron chi connectivity index (χ1n) is 4.88. The summed E-state index contributed by atoms with van der Waals surface area (Å²) in [7, 11) is -3.62. The van der Waals surface area contributed by atoms with Crippen LogP contribution in [-0.2, 0) is 9.84 Å². The summed E-state index contributed by atoms with van der Waals surface area (Å²) in [6.45, 7) is 0. The molecular weight excluding hydrogens is 254 g/mol. The van der Waals surface area contributed by atoms with E-state index in [1.165, 1.54) is 23.5 Å². The Morgan fingerprint density at radius 1 is 1.12 bits per heavy atom. The van der Waals surface area contributed by atoms with Crippen molar-refractivity contribution in [3.8, 4) is 6.07 Å². The molecule has 0 N–H and O–H groups in total. The standard InChI is InChI=1S/C12H9NO2S2/c13-9-12(11-7-4-8-16-11)17(14,15)10-5-2-1-3-6-10/h1-8,12H. The van der Waals surface area contributed by atoms with E-state index in [0.717, 1.165) is 0 Å². The summed E-state index contributed by atoms with van der Waals surface area (Å²) in [5, 5.41) is 9.72. The van der Waals surface area contributed by atoms with E-state index in [9.17, 15) is 8.42 Å². The molecule has 86 valence electrons. The van der Waals surface area contributed by atoms with Crippen LogP contribution in [0.15, 0.2) is 52.7 Å². The van der Waals surface area contributed by atoms with E-state index in [1.807, 2.05) is 6.07 Å². The highest BCUT2D eigenvalue weighted by Crippen LogP contribution is 2.30. The van der Waals surface area contributed by atoms with Crippen molar-refractivity contribution in [2.24, 2.45) is 0 Å². The molecule has 0 amide bonds. The van der Waals surface area contributed by atoms with Crippen LogP contribution in [0.5, 0.6) is 0 Å². The molecule has 1 unspecified atom stereocenters. The average molecular weight is 263 g/mol. The minimum atomic E-state index is -3.62. The molecule has 0 saturated heterocycles. The van der Waals surface area contributed by atoms with Gasteiger partial charge < -0.3 is 0 Å². The zero-order valence-corrected chi connectivity index (χ0v) is 10.4. The van der Waals surface area contributed by atoms with Gasteiger partial charge in [-0.25, -0.2) is 8.42 Å². The van der Waals surface area contributed by atoms with Gasteiger partial charge in [-0.2, -0.15) is 5.26 Å². The summed E-state index contributed by atoms with van der Waals surface area (Å²) in [6, 6.07) is 13.3. The quantitative estimate of drug-likeness (QED) is 0.855. The zero-order valence-electron chi connectivity index (χ0n) is 8.78. The van der Waals surface area contributed by atoms with Gasteiger partial charge in [-0.15, -0.1) is 11.3 Å². The summed E-state index contributed by atoms with van der Waals surface area (Å²) in [5.74, 6) is 0. The van der Waals surface area contributed by atoms with Crippen molar-refractivity contribution < 1.29 is 8.42 Å². The lowest BCUT2D eigenvalue weighted by molar-refractivity contribution is 0.591. The molecule has 0 spiro atoms. The Morgan fingerprint density at radius 3 is 2.35 bits per heavy atom. The molecule has 0 bridgehead atoms. The van der Waals surface area contributed by atoms with Gasteiger partial charge in [0.05, 0.1) is 11.0 Å². The third-order valence-electron chi connectivity index (χ3n) is 2.30. The Kier molecular flexibility index (Phi) is 3.27. The second-order valence-corrected chi connectivity index (χ2v) is 6.39. The Balaban J connectivity index is 2.50. The number of rotatable bonds is 3. The Labute approximate surface area is 104 Å². The van der Waals surface area contributed by atoms with E-state index in [0.29, 0.717) is 4.88 Å². The number of sulfone groups is 1. The third kappa shape index (κ3) is 2.23. The molecule has 2 rings (SSSR count). The number of benzene rings is 1. The van der Waals surface area contributed by atoms with Gasteiger partial charge in [0.25, 0.3) is 0 Å². The summed E-state index contributed by atoms with van der Waals surface area (Å²) < 4.78 is 24.5. The number of hydrogen-bond donors (Lipinski definition) is 0. The fourth-order valence-electron chi connectivity index (χ4n) is 1.47. The maximum Gasteiger partial charge on any atom is 0.199 e. The lowest BCUT2D eigenvalue weighted by Gasteiger charge is -2.08. The molecule has 3 nitrogen and oxygen atoms in total. The lowest BCUT2D eigenvalue weighted by Crippen LogP contribution is -2.10. The lowest BCUT2D eigenvalue weighted by atomic mass is 10.4. The van der Waals surface area contributed by atoms with Gasteiger partial charge in [0.2, 0.25) is 0 Å². The highest BCUT2D eigenvalue weighted by molar-refractivity contribution is 7.92. The maximum atomic E-state index is 12.2. The van der Waals surface area contributed by atoms with E-state index < -0.39 is 15.1 Å². The molecule has 1 aromatic heterocycles. The Bertz CT molecular complexity index is 625. The first-order chi connectivity index (χ1) is 8.16. The summed E-state index contributed by atoms with van der Waals surface area (Å²) >= 11 is 1.28. The largest absolute Gasteiger partial charge is 0.222 e. The molecule has 17 heavy (non-hydrogen) atoms. The van der Waals surface area contributed by atoms with Crippen molar-refractivity contribution in [1.29, 1.82) is 5.26 Å². The van der Waals surface area contributed by atoms with E-state index >= 15 is 0 Å². The molecular formula is C12H9NO2S2. The molecule has 0 aliphatic rings. The van der Waals surface area contributed by atoms with E-state index in [4.69, 9.17) is 5.26 Å². The van der Waals surface area contributed by atoms with Gasteiger partial charge in [0.15, 0.2) is 15.1 Å². The number of nitriles is 1. The topological polar surface area (TPSA) is 57.9 Å². The van der Waals surface area contributed by atoms with Crippen LogP contribution in [0.3, 0.4) is 0 Å². The number of hydrogen-bond acceptors (Lipinski definition) is 4. The predicted molar refractivity (Wildman–Crippen MR) is 66.3 cm³/mol. The zero-order chi connectivity index (χ0) is 12.3. The molecule has 1 aromatic carbocycles. The van der Waals surface area contributed by atoms with E-state index in [2.05, 4.69) is 0 Å². The summed E-state index contributed by atoms with van der Waals surface area (Å²) in [6.07, 6.45) is 0. The van der Waals surface area contributed by atoms with Crippen LogP contribution in [0.2, 0.25) is 0 Å². The van der Waals surface area contributed by atoms with Gasteiger partial charge >= 0.3 is 0 Å². The van der Waals surface area contributed by atoms with Crippen LogP contribution >= 0.6 is 11.3 Å². The van der Waals surface area contributed by atoms with Crippen molar-refractivity contribution in [3.63, 3.8) is 0 Å². The Hall–Kier alpha value is -1.64. The minimum absolute atomic E-state index is 0.181. The SMILES string of the molecule is N#CC(c1cccs1)S(=O)(=O)c1ccccc1. The van der Waals surface area contributed by atoms with Crippen LogP contribution in [-0.4, -0.2) is 8.42 Å². The normalized spacial score (nSPS) is 12.9. The van der Waals surface area contributed by atoms with Crippen LogP contribution < -0.4 is 0 Å². The second-order valence-electron chi connectivity index (χ2n) is 3.38. The molecule has 1 atom stereocenters. The third-order valence-corrected chi connectivity index (χ3v) is 5.30. The fraction of sp³-hybridized carbons (Fsp3) is 0.0833. The van der Waals surface area contributed by atoms with Crippen LogP contribution in [0, 0.1) is 11.3 Å². The van der Waals surface area contributed by atoms with Gasteiger partial charge in [0, 0.05) is 4.88 Å². The molecule has 0 aliphatic carbocycles. The van der Waals surface area contributed by atoms with Crippen molar-refractivity contribution in [2.75, 3.05) is 0 Å².